The van der Waals surface area contributed by atoms with Gasteiger partial charge in [0.2, 0.25) is 0 Å². The van der Waals surface area contributed by atoms with E-state index in [0.717, 1.165) is 6.42 Å². The topological polar surface area (TPSA) is 110 Å². The number of nitrogens with zero attached hydrogens (tertiary/aromatic N) is 1. The number of aliphatic hydroxyl groups is 2. The van der Waals surface area contributed by atoms with Crippen molar-refractivity contribution in [2.45, 2.75) is 31.8 Å². The minimum absolute atomic E-state index is 0.0335. The van der Waals surface area contributed by atoms with Gasteiger partial charge in [0.05, 0.1) is 12.6 Å². The number of carbonyl (C=O) groups is 2. The highest BCUT2D eigenvalue weighted by atomic mass is 16.4. The average Bonchev–Trinajstić information content (AvgIpc) is 2.69. The van der Waals surface area contributed by atoms with Crippen molar-refractivity contribution in [3.8, 4) is 0 Å². The van der Waals surface area contributed by atoms with Gasteiger partial charge in [-0.05, 0) is 12.3 Å². The molecule has 0 saturated carbocycles. The second-order valence-electron chi connectivity index (χ2n) is 4.56. The Hall–Kier alpha value is -1.34. The standard InChI is InChI=1S/C11H20N2O5/c1-7-2-4-13(9(7)6-15)11(18)12-8(3-5-14)10(16)17/h7-9,14-15H,2-6H2,1H3,(H,12,18)(H,16,17). The normalized spacial score (nSPS) is 24.9. The fourth-order valence-corrected chi connectivity index (χ4v) is 2.16. The number of carboxylic acids is 1. The Kier molecular flexibility index (Phi) is 5.36. The highest BCUT2D eigenvalue weighted by Gasteiger charge is 2.35. The Morgan fingerprint density at radius 1 is 1.44 bits per heavy atom. The van der Waals surface area contributed by atoms with Crippen LogP contribution in [0.15, 0.2) is 0 Å². The first-order valence-electron chi connectivity index (χ1n) is 6.03. The van der Waals surface area contributed by atoms with E-state index in [1.165, 1.54) is 4.90 Å². The molecule has 0 radical (unpaired) electrons. The molecule has 0 aromatic rings. The number of rotatable bonds is 5. The van der Waals surface area contributed by atoms with E-state index in [-0.39, 0.29) is 31.6 Å². The number of carbonyl (C=O) groups excluding carboxylic acids is 1. The lowest BCUT2D eigenvalue weighted by molar-refractivity contribution is -0.139. The molecule has 1 heterocycles. The smallest absolute Gasteiger partial charge is 0.326 e. The maximum Gasteiger partial charge on any atom is 0.326 e. The van der Waals surface area contributed by atoms with Crippen LogP contribution in [-0.4, -0.2) is 64.1 Å². The number of aliphatic hydroxyl groups excluding tert-OH is 2. The molecule has 7 nitrogen and oxygen atoms in total. The lowest BCUT2D eigenvalue weighted by Gasteiger charge is -2.27. The molecule has 7 heteroatoms. The summed E-state index contributed by atoms with van der Waals surface area (Å²) in [4.78, 5) is 24.2. The van der Waals surface area contributed by atoms with Gasteiger partial charge >= 0.3 is 12.0 Å². The number of hydrogen-bond donors (Lipinski definition) is 4. The van der Waals surface area contributed by atoms with Gasteiger partial charge in [0.1, 0.15) is 6.04 Å². The van der Waals surface area contributed by atoms with Crippen LogP contribution in [-0.2, 0) is 4.79 Å². The molecular formula is C11H20N2O5. The first-order chi connectivity index (χ1) is 8.51. The highest BCUT2D eigenvalue weighted by Crippen LogP contribution is 2.23. The molecule has 1 fully saturated rings. The maximum absolute atomic E-state index is 11.9. The third-order valence-corrected chi connectivity index (χ3v) is 3.34. The van der Waals surface area contributed by atoms with Crippen molar-refractivity contribution in [2.24, 2.45) is 5.92 Å². The van der Waals surface area contributed by atoms with Crippen molar-refractivity contribution in [1.29, 1.82) is 0 Å². The van der Waals surface area contributed by atoms with Crippen molar-refractivity contribution in [3.63, 3.8) is 0 Å². The van der Waals surface area contributed by atoms with Gasteiger partial charge in [-0.15, -0.1) is 0 Å². The van der Waals surface area contributed by atoms with Crippen LogP contribution in [0.5, 0.6) is 0 Å². The van der Waals surface area contributed by atoms with Crippen LogP contribution in [0.3, 0.4) is 0 Å². The Labute approximate surface area is 105 Å². The van der Waals surface area contributed by atoms with Gasteiger partial charge in [-0.3, -0.25) is 0 Å². The van der Waals surface area contributed by atoms with E-state index in [2.05, 4.69) is 5.32 Å². The first kappa shape index (κ1) is 14.7. The highest BCUT2D eigenvalue weighted by molar-refractivity contribution is 5.82. The van der Waals surface area contributed by atoms with Crippen molar-refractivity contribution in [1.82, 2.24) is 10.2 Å². The first-order valence-corrected chi connectivity index (χ1v) is 6.03. The fourth-order valence-electron chi connectivity index (χ4n) is 2.16. The summed E-state index contributed by atoms with van der Waals surface area (Å²) >= 11 is 0. The average molecular weight is 260 g/mol. The molecule has 0 spiro atoms. The molecule has 1 aliphatic rings. The summed E-state index contributed by atoms with van der Waals surface area (Å²) in [5, 5.41) is 29.2. The number of nitrogens with one attached hydrogen (secondary N) is 1. The lowest BCUT2D eigenvalue weighted by Crippen LogP contribution is -2.51. The van der Waals surface area contributed by atoms with E-state index in [1.807, 2.05) is 6.92 Å². The molecule has 2 amide bonds. The Morgan fingerprint density at radius 3 is 2.61 bits per heavy atom. The van der Waals surface area contributed by atoms with Crippen molar-refractivity contribution in [3.05, 3.63) is 0 Å². The van der Waals surface area contributed by atoms with Crippen molar-refractivity contribution >= 4 is 12.0 Å². The molecule has 18 heavy (non-hydrogen) atoms. The largest absolute Gasteiger partial charge is 0.480 e. The van der Waals surface area contributed by atoms with Crippen LogP contribution in [0.1, 0.15) is 19.8 Å². The van der Waals surface area contributed by atoms with Crippen LogP contribution in [0.4, 0.5) is 4.79 Å². The maximum atomic E-state index is 11.9. The van der Waals surface area contributed by atoms with Gasteiger partial charge in [0, 0.05) is 19.6 Å². The molecule has 3 unspecified atom stereocenters. The molecule has 0 aromatic heterocycles. The predicted molar refractivity (Wildman–Crippen MR) is 63.0 cm³/mol. The van der Waals surface area contributed by atoms with E-state index in [4.69, 9.17) is 10.2 Å². The molecule has 0 aromatic carbocycles. The zero-order valence-electron chi connectivity index (χ0n) is 10.4. The number of urea groups is 1. The second-order valence-corrected chi connectivity index (χ2v) is 4.56. The molecule has 1 aliphatic heterocycles. The van der Waals surface area contributed by atoms with Crippen molar-refractivity contribution in [2.75, 3.05) is 19.8 Å². The zero-order chi connectivity index (χ0) is 13.7. The molecule has 1 saturated heterocycles. The Morgan fingerprint density at radius 2 is 2.11 bits per heavy atom. The third kappa shape index (κ3) is 3.33. The molecule has 4 N–H and O–H groups in total. The molecular weight excluding hydrogens is 240 g/mol. The summed E-state index contributed by atoms with van der Waals surface area (Å²) in [6.07, 6.45) is 0.755. The van der Waals surface area contributed by atoms with Crippen LogP contribution in [0.2, 0.25) is 0 Å². The number of aliphatic carboxylic acids is 1. The number of likely N-dealkylation sites (tertiary alicyclic amines) is 1. The summed E-state index contributed by atoms with van der Waals surface area (Å²) in [5.41, 5.74) is 0. The minimum atomic E-state index is -1.18. The SMILES string of the molecule is CC1CCN(C(=O)NC(CCO)C(=O)O)C1CO. The zero-order valence-corrected chi connectivity index (χ0v) is 10.4. The second kappa shape index (κ2) is 6.55. The summed E-state index contributed by atoms with van der Waals surface area (Å²) in [7, 11) is 0. The molecule has 104 valence electrons. The summed E-state index contributed by atoms with van der Waals surface area (Å²) in [5.74, 6) is -0.980. The Balaban J connectivity index is 2.61. The Bertz CT molecular complexity index is 310. The van der Waals surface area contributed by atoms with E-state index < -0.39 is 18.0 Å². The van der Waals surface area contributed by atoms with Crippen LogP contribution in [0.25, 0.3) is 0 Å². The molecule has 0 aliphatic carbocycles. The van der Waals surface area contributed by atoms with Gasteiger partial charge < -0.3 is 25.5 Å². The number of amides is 2. The monoisotopic (exact) mass is 260 g/mol. The molecule has 1 rings (SSSR count). The van der Waals surface area contributed by atoms with Crippen LogP contribution < -0.4 is 5.32 Å². The molecule has 0 bridgehead atoms. The van der Waals surface area contributed by atoms with Crippen LogP contribution >= 0.6 is 0 Å². The van der Waals surface area contributed by atoms with Gasteiger partial charge in [-0.1, -0.05) is 6.92 Å². The summed E-state index contributed by atoms with van der Waals surface area (Å²) < 4.78 is 0. The van der Waals surface area contributed by atoms with Gasteiger partial charge in [-0.2, -0.15) is 0 Å². The van der Waals surface area contributed by atoms with E-state index >= 15 is 0 Å². The van der Waals surface area contributed by atoms with Gasteiger partial charge in [-0.25, -0.2) is 9.59 Å². The fraction of sp³-hybridized carbons (Fsp3) is 0.818. The van der Waals surface area contributed by atoms with E-state index in [1.54, 1.807) is 0 Å². The molecule has 3 atom stereocenters. The van der Waals surface area contributed by atoms with Crippen LogP contribution in [0, 0.1) is 5.92 Å². The lowest BCUT2D eigenvalue weighted by atomic mass is 10.0. The summed E-state index contributed by atoms with van der Waals surface area (Å²) in [6.45, 7) is 2.00. The summed E-state index contributed by atoms with van der Waals surface area (Å²) in [6, 6.07) is -1.87. The number of hydrogen-bond acceptors (Lipinski definition) is 4. The number of carboxylic acid groups (broad SMARTS) is 1. The van der Waals surface area contributed by atoms with Gasteiger partial charge in [0.25, 0.3) is 0 Å². The minimum Gasteiger partial charge on any atom is -0.480 e. The van der Waals surface area contributed by atoms with E-state index in [9.17, 15) is 14.7 Å². The quantitative estimate of drug-likeness (QED) is 0.519. The third-order valence-electron chi connectivity index (χ3n) is 3.34. The van der Waals surface area contributed by atoms with Crippen molar-refractivity contribution < 1.29 is 24.9 Å². The van der Waals surface area contributed by atoms with E-state index in [0.29, 0.717) is 6.54 Å². The van der Waals surface area contributed by atoms with Gasteiger partial charge in [0.15, 0.2) is 0 Å². The predicted octanol–water partition coefficient (Wildman–Crippen LogP) is -0.766.